The second kappa shape index (κ2) is 4.37. The smallest absolute Gasteiger partial charge is 0.249 e. The summed E-state index contributed by atoms with van der Waals surface area (Å²) in [6.07, 6.45) is 0.781. The van der Waals surface area contributed by atoms with Crippen LogP contribution < -0.4 is 0 Å². The second-order valence-electron chi connectivity index (χ2n) is 4.53. The van der Waals surface area contributed by atoms with Crippen LogP contribution in [0.1, 0.15) is 23.5 Å². The van der Waals surface area contributed by atoms with Crippen molar-refractivity contribution >= 4 is 5.91 Å². The van der Waals surface area contributed by atoms with Crippen LogP contribution in [0.15, 0.2) is 18.2 Å². The quantitative estimate of drug-likeness (QED) is 0.813. The lowest BCUT2D eigenvalue weighted by Crippen LogP contribution is -2.27. The van der Waals surface area contributed by atoms with Crippen LogP contribution in [0.25, 0.3) is 0 Å². The standard InChI is InChI=1S/C13H17NO3/c1-8-4-5-12(15)10(6-8)9-7-11(9)13(16)14(2)17-3/h4-6,9,11,15H,7H2,1-3H3. The highest BCUT2D eigenvalue weighted by molar-refractivity contribution is 5.82. The molecule has 2 unspecified atom stereocenters. The van der Waals surface area contributed by atoms with Gasteiger partial charge in [-0.15, -0.1) is 0 Å². The van der Waals surface area contributed by atoms with Crippen molar-refractivity contribution in [2.24, 2.45) is 5.92 Å². The maximum absolute atomic E-state index is 11.8. The molecule has 17 heavy (non-hydrogen) atoms. The molecule has 1 aromatic carbocycles. The Kier molecular flexibility index (Phi) is 3.07. The second-order valence-corrected chi connectivity index (χ2v) is 4.53. The third-order valence-electron chi connectivity index (χ3n) is 3.27. The molecule has 1 fully saturated rings. The minimum absolute atomic E-state index is 0.0293. The number of nitrogens with zero attached hydrogens (tertiary/aromatic N) is 1. The molecule has 0 bridgehead atoms. The number of phenolic OH excluding ortho intramolecular Hbond substituents is 1. The number of carbonyl (C=O) groups excluding carboxylic acids is 1. The SMILES string of the molecule is CON(C)C(=O)C1CC1c1cc(C)ccc1O. The molecule has 0 saturated heterocycles. The van der Waals surface area contributed by atoms with E-state index in [1.54, 1.807) is 13.1 Å². The molecule has 2 rings (SSSR count). The molecule has 0 heterocycles. The highest BCUT2D eigenvalue weighted by atomic mass is 16.7. The molecule has 0 radical (unpaired) electrons. The summed E-state index contributed by atoms with van der Waals surface area (Å²) in [7, 11) is 3.08. The van der Waals surface area contributed by atoms with E-state index in [0.717, 1.165) is 17.5 Å². The Morgan fingerprint density at radius 1 is 1.53 bits per heavy atom. The minimum Gasteiger partial charge on any atom is -0.508 e. The molecule has 0 aromatic heterocycles. The van der Waals surface area contributed by atoms with Gasteiger partial charge in [-0.2, -0.15) is 0 Å². The number of hydrogen-bond donors (Lipinski definition) is 1. The lowest BCUT2D eigenvalue weighted by atomic mass is 10.0. The number of benzene rings is 1. The Balaban J connectivity index is 2.12. The summed E-state index contributed by atoms with van der Waals surface area (Å²) < 4.78 is 0. The van der Waals surface area contributed by atoms with E-state index in [2.05, 4.69) is 0 Å². The number of carbonyl (C=O) groups is 1. The van der Waals surface area contributed by atoms with Gasteiger partial charge >= 0.3 is 0 Å². The number of aryl methyl sites for hydroxylation is 1. The summed E-state index contributed by atoms with van der Waals surface area (Å²) in [5, 5.41) is 11.0. The first-order valence-electron chi connectivity index (χ1n) is 5.65. The maximum atomic E-state index is 11.8. The average molecular weight is 235 g/mol. The third kappa shape index (κ3) is 2.26. The van der Waals surface area contributed by atoms with Crippen LogP contribution in [-0.2, 0) is 9.63 Å². The zero-order valence-corrected chi connectivity index (χ0v) is 10.3. The van der Waals surface area contributed by atoms with Crippen LogP contribution in [0.4, 0.5) is 0 Å². The molecule has 1 saturated carbocycles. The van der Waals surface area contributed by atoms with Gasteiger partial charge < -0.3 is 5.11 Å². The first kappa shape index (κ1) is 11.9. The van der Waals surface area contributed by atoms with Gasteiger partial charge in [-0.3, -0.25) is 9.63 Å². The summed E-state index contributed by atoms with van der Waals surface area (Å²) >= 11 is 0. The number of phenols is 1. The fraction of sp³-hybridized carbons (Fsp3) is 0.462. The number of aromatic hydroxyl groups is 1. The van der Waals surface area contributed by atoms with E-state index in [0.29, 0.717) is 0 Å². The molecule has 92 valence electrons. The average Bonchev–Trinajstić information content (AvgIpc) is 3.10. The van der Waals surface area contributed by atoms with Crippen molar-refractivity contribution in [3.8, 4) is 5.75 Å². The van der Waals surface area contributed by atoms with E-state index >= 15 is 0 Å². The third-order valence-corrected chi connectivity index (χ3v) is 3.27. The maximum Gasteiger partial charge on any atom is 0.249 e. The van der Waals surface area contributed by atoms with E-state index in [9.17, 15) is 9.90 Å². The van der Waals surface area contributed by atoms with Gasteiger partial charge in [0.05, 0.1) is 7.11 Å². The van der Waals surface area contributed by atoms with Crippen molar-refractivity contribution in [2.75, 3.05) is 14.2 Å². The normalized spacial score (nSPS) is 22.3. The minimum atomic E-state index is -0.0624. The van der Waals surface area contributed by atoms with Crippen LogP contribution in [0.2, 0.25) is 0 Å². The lowest BCUT2D eigenvalue weighted by molar-refractivity contribution is -0.170. The summed E-state index contributed by atoms with van der Waals surface area (Å²) in [6, 6.07) is 5.49. The lowest BCUT2D eigenvalue weighted by Gasteiger charge is -2.13. The molecule has 1 amide bonds. The Bertz CT molecular complexity index is 444. The van der Waals surface area contributed by atoms with Crippen molar-refractivity contribution < 1.29 is 14.7 Å². The summed E-state index contributed by atoms with van der Waals surface area (Å²) in [4.78, 5) is 16.7. The molecule has 0 aliphatic heterocycles. The molecule has 0 spiro atoms. The van der Waals surface area contributed by atoms with Crippen molar-refractivity contribution in [1.82, 2.24) is 5.06 Å². The molecule has 1 aliphatic rings. The molecule has 1 aliphatic carbocycles. The van der Waals surface area contributed by atoms with Gasteiger partial charge in [0.15, 0.2) is 0 Å². The topological polar surface area (TPSA) is 49.8 Å². The van der Waals surface area contributed by atoms with E-state index in [1.165, 1.54) is 12.2 Å². The van der Waals surface area contributed by atoms with Crippen LogP contribution in [-0.4, -0.2) is 30.2 Å². The van der Waals surface area contributed by atoms with Crippen molar-refractivity contribution in [1.29, 1.82) is 0 Å². The number of amides is 1. The van der Waals surface area contributed by atoms with Crippen LogP contribution in [0.3, 0.4) is 0 Å². The number of hydrogen-bond acceptors (Lipinski definition) is 3. The Hall–Kier alpha value is -1.55. The first-order valence-corrected chi connectivity index (χ1v) is 5.65. The molecule has 4 nitrogen and oxygen atoms in total. The Morgan fingerprint density at radius 2 is 2.24 bits per heavy atom. The molecule has 1 N–H and O–H groups in total. The van der Waals surface area contributed by atoms with Gasteiger partial charge in [0.25, 0.3) is 0 Å². The summed E-state index contributed by atoms with van der Waals surface area (Å²) in [5.41, 5.74) is 1.96. The number of hydroxylamine groups is 2. The summed E-state index contributed by atoms with van der Waals surface area (Å²) in [6.45, 7) is 1.98. The van der Waals surface area contributed by atoms with E-state index < -0.39 is 0 Å². The van der Waals surface area contributed by atoms with E-state index in [-0.39, 0.29) is 23.5 Å². The fourth-order valence-corrected chi connectivity index (χ4v) is 2.11. The highest BCUT2D eigenvalue weighted by Gasteiger charge is 2.46. The zero-order valence-electron chi connectivity index (χ0n) is 10.3. The molecular formula is C13H17NO3. The Morgan fingerprint density at radius 3 is 2.88 bits per heavy atom. The highest BCUT2D eigenvalue weighted by Crippen LogP contribution is 2.51. The van der Waals surface area contributed by atoms with Crippen molar-refractivity contribution in [3.63, 3.8) is 0 Å². The van der Waals surface area contributed by atoms with E-state index in [4.69, 9.17) is 4.84 Å². The van der Waals surface area contributed by atoms with Crippen LogP contribution in [0.5, 0.6) is 5.75 Å². The molecular weight excluding hydrogens is 218 g/mol. The molecule has 4 heteroatoms. The van der Waals surface area contributed by atoms with Gasteiger partial charge in [-0.25, -0.2) is 5.06 Å². The zero-order chi connectivity index (χ0) is 12.6. The van der Waals surface area contributed by atoms with E-state index in [1.807, 2.05) is 19.1 Å². The van der Waals surface area contributed by atoms with Crippen molar-refractivity contribution in [2.45, 2.75) is 19.3 Å². The monoisotopic (exact) mass is 235 g/mol. The van der Waals surface area contributed by atoms with Crippen molar-refractivity contribution in [3.05, 3.63) is 29.3 Å². The van der Waals surface area contributed by atoms with Gasteiger partial charge in [-0.1, -0.05) is 17.7 Å². The molecule has 1 aromatic rings. The van der Waals surface area contributed by atoms with Gasteiger partial charge in [0.1, 0.15) is 5.75 Å². The van der Waals surface area contributed by atoms with Crippen LogP contribution in [0, 0.1) is 12.8 Å². The number of rotatable bonds is 3. The Labute approximate surface area is 101 Å². The van der Waals surface area contributed by atoms with Gasteiger partial charge in [0, 0.05) is 13.0 Å². The van der Waals surface area contributed by atoms with Gasteiger partial charge in [0.2, 0.25) is 5.91 Å². The first-order chi connectivity index (χ1) is 8.04. The predicted molar refractivity (Wildman–Crippen MR) is 63.5 cm³/mol. The fourth-order valence-electron chi connectivity index (χ4n) is 2.11. The predicted octanol–water partition coefficient (Wildman–Crippen LogP) is 1.82. The largest absolute Gasteiger partial charge is 0.508 e. The molecule has 2 atom stereocenters. The van der Waals surface area contributed by atoms with Crippen LogP contribution >= 0.6 is 0 Å². The summed E-state index contributed by atoms with van der Waals surface area (Å²) in [5.74, 6) is 0.307. The van der Waals surface area contributed by atoms with Gasteiger partial charge in [-0.05, 0) is 30.9 Å².